The highest BCUT2D eigenvalue weighted by atomic mass is 19.1. The van der Waals surface area contributed by atoms with Gasteiger partial charge in [-0.2, -0.15) is 0 Å². The SMILES string of the molecule is CC(O)Cc1c(F)cc(F)c2c1CCO2. The first kappa shape index (κ1) is 10.4. The van der Waals surface area contributed by atoms with E-state index in [0.29, 0.717) is 24.2 Å². The molecule has 1 heterocycles. The van der Waals surface area contributed by atoms with Gasteiger partial charge < -0.3 is 9.84 Å². The number of aliphatic hydroxyl groups excluding tert-OH is 1. The van der Waals surface area contributed by atoms with Crippen molar-refractivity contribution in [1.29, 1.82) is 0 Å². The van der Waals surface area contributed by atoms with Crippen LogP contribution >= 0.6 is 0 Å². The van der Waals surface area contributed by atoms with E-state index in [1.54, 1.807) is 6.92 Å². The van der Waals surface area contributed by atoms with Crippen LogP contribution in [-0.4, -0.2) is 17.8 Å². The molecule has 1 unspecified atom stereocenters. The molecule has 1 aliphatic rings. The summed E-state index contributed by atoms with van der Waals surface area (Å²) < 4.78 is 31.8. The molecule has 0 aromatic heterocycles. The van der Waals surface area contributed by atoms with Crippen LogP contribution in [0, 0.1) is 11.6 Å². The van der Waals surface area contributed by atoms with E-state index in [9.17, 15) is 13.9 Å². The van der Waals surface area contributed by atoms with Crippen molar-refractivity contribution in [3.63, 3.8) is 0 Å². The lowest BCUT2D eigenvalue weighted by Crippen LogP contribution is -2.09. The van der Waals surface area contributed by atoms with Gasteiger partial charge in [0.15, 0.2) is 11.6 Å². The van der Waals surface area contributed by atoms with Gasteiger partial charge in [0, 0.05) is 24.5 Å². The number of rotatable bonds is 2. The Morgan fingerprint density at radius 1 is 1.47 bits per heavy atom. The highest BCUT2D eigenvalue weighted by Crippen LogP contribution is 2.33. The van der Waals surface area contributed by atoms with Gasteiger partial charge in [-0.15, -0.1) is 0 Å². The maximum Gasteiger partial charge on any atom is 0.168 e. The molecule has 0 amide bonds. The predicted octanol–water partition coefficient (Wildman–Crippen LogP) is 1.82. The zero-order chi connectivity index (χ0) is 11.0. The van der Waals surface area contributed by atoms with Crippen LogP contribution in [0.5, 0.6) is 5.75 Å². The van der Waals surface area contributed by atoms with Crippen molar-refractivity contribution in [3.8, 4) is 5.75 Å². The van der Waals surface area contributed by atoms with E-state index in [1.165, 1.54) is 0 Å². The zero-order valence-electron chi connectivity index (χ0n) is 8.39. The van der Waals surface area contributed by atoms with Gasteiger partial charge in [0.25, 0.3) is 0 Å². The number of aliphatic hydroxyl groups is 1. The second-order valence-corrected chi connectivity index (χ2v) is 3.78. The van der Waals surface area contributed by atoms with Gasteiger partial charge >= 0.3 is 0 Å². The molecular weight excluding hydrogens is 202 g/mol. The Hall–Kier alpha value is -1.16. The molecule has 0 fully saturated rings. The van der Waals surface area contributed by atoms with E-state index in [4.69, 9.17) is 4.74 Å². The smallest absolute Gasteiger partial charge is 0.168 e. The van der Waals surface area contributed by atoms with Gasteiger partial charge in [-0.1, -0.05) is 0 Å². The average Bonchev–Trinajstić information content (AvgIpc) is 2.60. The standard InChI is InChI=1S/C11H12F2O2/c1-6(14)4-8-7-2-3-15-11(7)10(13)5-9(8)12/h5-6,14H,2-4H2,1H3. The number of hydrogen-bond donors (Lipinski definition) is 1. The van der Waals surface area contributed by atoms with Gasteiger partial charge in [0.1, 0.15) is 5.82 Å². The van der Waals surface area contributed by atoms with Crippen LogP contribution in [0.1, 0.15) is 18.1 Å². The Morgan fingerprint density at radius 2 is 2.20 bits per heavy atom. The number of fused-ring (bicyclic) bond motifs is 1. The fourth-order valence-corrected chi connectivity index (χ4v) is 1.88. The largest absolute Gasteiger partial charge is 0.490 e. The zero-order valence-corrected chi connectivity index (χ0v) is 8.39. The van der Waals surface area contributed by atoms with Gasteiger partial charge in [0.2, 0.25) is 0 Å². The molecule has 0 bridgehead atoms. The lowest BCUT2D eigenvalue weighted by molar-refractivity contribution is 0.193. The Labute approximate surface area is 86.5 Å². The molecule has 1 N–H and O–H groups in total. The highest BCUT2D eigenvalue weighted by Gasteiger charge is 2.24. The fourth-order valence-electron chi connectivity index (χ4n) is 1.88. The number of hydrogen-bond acceptors (Lipinski definition) is 2. The maximum atomic E-state index is 13.5. The van der Waals surface area contributed by atoms with Crippen molar-refractivity contribution in [2.45, 2.75) is 25.9 Å². The lowest BCUT2D eigenvalue weighted by Gasteiger charge is -2.10. The molecular formula is C11H12F2O2. The second-order valence-electron chi connectivity index (χ2n) is 3.78. The van der Waals surface area contributed by atoms with Crippen molar-refractivity contribution in [2.24, 2.45) is 0 Å². The summed E-state index contributed by atoms with van der Waals surface area (Å²) in [6, 6.07) is 0.821. The summed E-state index contributed by atoms with van der Waals surface area (Å²) in [5.41, 5.74) is 0.937. The summed E-state index contributed by atoms with van der Waals surface area (Å²) in [5.74, 6) is -1.11. The third kappa shape index (κ3) is 1.81. The molecule has 1 aliphatic heterocycles. The molecule has 2 nitrogen and oxygen atoms in total. The molecule has 82 valence electrons. The number of benzene rings is 1. The van der Waals surface area contributed by atoms with Crippen molar-refractivity contribution in [1.82, 2.24) is 0 Å². The van der Waals surface area contributed by atoms with E-state index in [1.807, 2.05) is 0 Å². The summed E-state index contributed by atoms with van der Waals surface area (Å²) in [6.45, 7) is 1.95. The molecule has 0 saturated carbocycles. The fraction of sp³-hybridized carbons (Fsp3) is 0.455. The summed E-state index contributed by atoms with van der Waals surface area (Å²) in [4.78, 5) is 0. The van der Waals surface area contributed by atoms with Crippen LogP contribution in [-0.2, 0) is 12.8 Å². The van der Waals surface area contributed by atoms with Gasteiger partial charge in [0.05, 0.1) is 12.7 Å². The summed E-state index contributed by atoms with van der Waals surface area (Å²) in [7, 11) is 0. The molecule has 4 heteroatoms. The van der Waals surface area contributed by atoms with Crippen LogP contribution < -0.4 is 4.74 Å². The first-order chi connectivity index (χ1) is 7.09. The Balaban J connectivity index is 2.49. The summed E-state index contributed by atoms with van der Waals surface area (Å²) in [6.07, 6.45) is 0.0545. The Bertz CT molecular complexity index is 389. The Morgan fingerprint density at radius 3 is 2.87 bits per heavy atom. The predicted molar refractivity (Wildman–Crippen MR) is 50.9 cm³/mol. The number of halogens is 2. The topological polar surface area (TPSA) is 29.5 Å². The molecule has 15 heavy (non-hydrogen) atoms. The summed E-state index contributed by atoms with van der Waals surface area (Å²) >= 11 is 0. The van der Waals surface area contributed by atoms with E-state index in [0.717, 1.165) is 6.07 Å². The van der Waals surface area contributed by atoms with Gasteiger partial charge in [-0.25, -0.2) is 8.78 Å². The molecule has 0 radical (unpaired) electrons. The van der Waals surface area contributed by atoms with Crippen LogP contribution in [0.4, 0.5) is 8.78 Å². The number of ether oxygens (including phenoxy) is 1. The van der Waals surface area contributed by atoms with Crippen molar-refractivity contribution in [2.75, 3.05) is 6.61 Å². The first-order valence-corrected chi connectivity index (χ1v) is 4.90. The second kappa shape index (κ2) is 3.77. The van der Waals surface area contributed by atoms with E-state index < -0.39 is 17.7 Å². The average molecular weight is 214 g/mol. The summed E-state index contributed by atoms with van der Waals surface area (Å²) in [5, 5.41) is 9.23. The lowest BCUT2D eigenvalue weighted by atomic mass is 9.99. The maximum absolute atomic E-state index is 13.5. The normalized spacial score (nSPS) is 16.0. The van der Waals surface area contributed by atoms with E-state index in [2.05, 4.69) is 0 Å². The third-order valence-electron chi connectivity index (χ3n) is 2.50. The minimum Gasteiger partial charge on any atom is -0.490 e. The van der Waals surface area contributed by atoms with Gasteiger partial charge in [-0.05, 0) is 12.5 Å². The van der Waals surface area contributed by atoms with Crippen LogP contribution in [0.15, 0.2) is 6.07 Å². The van der Waals surface area contributed by atoms with E-state index in [-0.39, 0.29) is 12.2 Å². The molecule has 1 aromatic rings. The van der Waals surface area contributed by atoms with Crippen molar-refractivity contribution >= 4 is 0 Å². The molecule has 1 atom stereocenters. The van der Waals surface area contributed by atoms with Crippen molar-refractivity contribution in [3.05, 3.63) is 28.8 Å². The van der Waals surface area contributed by atoms with Crippen LogP contribution in [0.3, 0.4) is 0 Å². The molecule has 0 saturated heterocycles. The first-order valence-electron chi connectivity index (χ1n) is 4.90. The van der Waals surface area contributed by atoms with Crippen LogP contribution in [0.2, 0.25) is 0 Å². The Kier molecular flexibility index (Phi) is 2.61. The van der Waals surface area contributed by atoms with Crippen molar-refractivity contribution < 1.29 is 18.6 Å². The molecule has 1 aromatic carbocycles. The molecule has 2 rings (SSSR count). The monoisotopic (exact) mass is 214 g/mol. The van der Waals surface area contributed by atoms with E-state index >= 15 is 0 Å². The van der Waals surface area contributed by atoms with Gasteiger partial charge in [-0.3, -0.25) is 0 Å². The minimum atomic E-state index is -0.658. The quantitative estimate of drug-likeness (QED) is 0.813. The molecule has 0 spiro atoms. The third-order valence-corrected chi connectivity index (χ3v) is 2.50. The minimum absolute atomic E-state index is 0.145. The highest BCUT2D eigenvalue weighted by molar-refractivity contribution is 5.45. The van der Waals surface area contributed by atoms with Crippen LogP contribution in [0.25, 0.3) is 0 Å². The molecule has 0 aliphatic carbocycles.